The highest BCUT2D eigenvalue weighted by molar-refractivity contribution is 8.03. The van der Waals surface area contributed by atoms with E-state index in [0.29, 0.717) is 20.8 Å². The highest BCUT2D eigenvalue weighted by Gasteiger charge is 2.35. The SMILES string of the molecule is NC(=O)CSc1nnc(SCC(=O)N(c2ccccc2)[C@H]2CCS(=O)(=O)C2)s1. The lowest BCUT2D eigenvalue weighted by atomic mass is 10.2. The molecule has 150 valence electrons. The molecule has 2 aromatic rings. The van der Waals surface area contributed by atoms with Crippen LogP contribution in [0.15, 0.2) is 39.0 Å². The van der Waals surface area contributed by atoms with Crippen molar-refractivity contribution in [3.05, 3.63) is 30.3 Å². The predicted molar refractivity (Wildman–Crippen MR) is 112 cm³/mol. The Kier molecular flexibility index (Phi) is 6.96. The first-order valence-electron chi connectivity index (χ1n) is 8.29. The number of carbonyl (C=O) groups is 2. The molecule has 12 heteroatoms. The van der Waals surface area contributed by atoms with Crippen LogP contribution < -0.4 is 10.6 Å². The number of nitrogens with two attached hydrogens (primary N) is 1. The second-order valence-corrected chi connectivity index (χ2v) is 11.7. The summed E-state index contributed by atoms with van der Waals surface area (Å²) in [6, 6.07) is 8.72. The van der Waals surface area contributed by atoms with Crippen LogP contribution in [0.3, 0.4) is 0 Å². The summed E-state index contributed by atoms with van der Waals surface area (Å²) in [5, 5.41) is 7.97. The largest absolute Gasteiger partial charge is 0.369 e. The Morgan fingerprint density at radius 1 is 1.14 bits per heavy atom. The van der Waals surface area contributed by atoms with Gasteiger partial charge in [-0.15, -0.1) is 10.2 Å². The summed E-state index contributed by atoms with van der Waals surface area (Å²) in [6.07, 6.45) is 0.431. The van der Waals surface area contributed by atoms with Crippen molar-refractivity contribution in [2.75, 3.05) is 27.9 Å². The fourth-order valence-electron chi connectivity index (χ4n) is 2.77. The van der Waals surface area contributed by atoms with Gasteiger partial charge in [-0.1, -0.05) is 53.1 Å². The maximum absolute atomic E-state index is 12.9. The summed E-state index contributed by atoms with van der Waals surface area (Å²) in [6.45, 7) is 0. The number of thioether (sulfide) groups is 2. The van der Waals surface area contributed by atoms with Gasteiger partial charge in [0.25, 0.3) is 0 Å². The lowest BCUT2D eigenvalue weighted by molar-refractivity contribution is -0.117. The Balaban J connectivity index is 1.67. The molecule has 2 heterocycles. The molecule has 0 radical (unpaired) electrons. The van der Waals surface area contributed by atoms with E-state index in [0.717, 1.165) is 0 Å². The standard InChI is InChI=1S/C16H18N4O4S4/c17-13(21)8-25-15-18-19-16(27-15)26-9-14(22)20(11-4-2-1-3-5-11)12-6-7-28(23,24)10-12/h1-5,12H,6-10H2,(H2,17,21)/t12-/m0/s1. The predicted octanol–water partition coefficient (Wildman–Crippen LogP) is 1.43. The normalized spacial score (nSPS) is 18.1. The van der Waals surface area contributed by atoms with E-state index in [1.54, 1.807) is 17.0 Å². The van der Waals surface area contributed by atoms with Gasteiger partial charge in [-0.2, -0.15) is 0 Å². The van der Waals surface area contributed by atoms with Crippen molar-refractivity contribution in [1.29, 1.82) is 0 Å². The van der Waals surface area contributed by atoms with Crippen LogP contribution in [-0.2, 0) is 19.4 Å². The minimum atomic E-state index is -3.12. The molecule has 1 atom stereocenters. The first-order chi connectivity index (χ1) is 13.3. The average Bonchev–Trinajstić information content (AvgIpc) is 3.25. The number of nitrogens with zero attached hydrogens (tertiary/aromatic N) is 3. The van der Waals surface area contributed by atoms with Crippen molar-refractivity contribution in [2.45, 2.75) is 21.1 Å². The number of amides is 2. The zero-order valence-electron chi connectivity index (χ0n) is 14.7. The number of rotatable bonds is 8. The molecule has 1 aliphatic rings. The zero-order valence-corrected chi connectivity index (χ0v) is 18.0. The second-order valence-electron chi connectivity index (χ2n) is 6.03. The first-order valence-corrected chi connectivity index (χ1v) is 12.9. The molecule has 0 unspecified atom stereocenters. The monoisotopic (exact) mass is 458 g/mol. The number of anilines is 1. The van der Waals surface area contributed by atoms with Crippen molar-refractivity contribution in [1.82, 2.24) is 10.2 Å². The van der Waals surface area contributed by atoms with Crippen LogP contribution in [0.25, 0.3) is 0 Å². The van der Waals surface area contributed by atoms with E-state index in [4.69, 9.17) is 5.73 Å². The van der Waals surface area contributed by atoms with E-state index in [-0.39, 0.29) is 35.0 Å². The van der Waals surface area contributed by atoms with Crippen LogP contribution >= 0.6 is 34.9 Å². The summed E-state index contributed by atoms with van der Waals surface area (Å²) in [4.78, 5) is 25.4. The number of hydrogen-bond acceptors (Lipinski definition) is 9. The Hall–Kier alpha value is -1.63. The quantitative estimate of drug-likeness (QED) is 0.589. The number of primary amides is 1. The van der Waals surface area contributed by atoms with E-state index in [1.807, 2.05) is 18.2 Å². The molecule has 3 rings (SSSR count). The number of sulfone groups is 1. The number of carbonyl (C=O) groups excluding carboxylic acids is 2. The molecule has 2 N–H and O–H groups in total. The molecule has 0 bridgehead atoms. The van der Waals surface area contributed by atoms with Crippen molar-refractivity contribution < 1.29 is 18.0 Å². The second kappa shape index (κ2) is 9.25. The molecule has 1 aliphatic heterocycles. The van der Waals surface area contributed by atoms with E-state index < -0.39 is 15.7 Å². The van der Waals surface area contributed by atoms with Crippen LogP contribution in [0.1, 0.15) is 6.42 Å². The van der Waals surface area contributed by atoms with Crippen molar-refractivity contribution in [3.63, 3.8) is 0 Å². The Bertz CT molecular complexity index is 949. The minimum absolute atomic E-state index is 0.0228. The summed E-state index contributed by atoms with van der Waals surface area (Å²) in [5.74, 6) is -0.311. The third kappa shape index (κ3) is 5.69. The molecule has 1 aromatic heterocycles. The van der Waals surface area contributed by atoms with Crippen molar-refractivity contribution >= 4 is 62.2 Å². The van der Waals surface area contributed by atoms with Gasteiger partial charge in [-0.25, -0.2) is 8.42 Å². The molecular formula is C16H18N4O4S4. The van der Waals surface area contributed by atoms with Gasteiger partial charge >= 0.3 is 0 Å². The molecule has 2 amide bonds. The number of para-hydroxylation sites is 1. The third-order valence-corrected chi connectivity index (χ3v) is 8.87. The van der Waals surface area contributed by atoms with Crippen molar-refractivity contribution in [2.24, 2.45) is 5.73 Å². The topological polar surface area (TPSA) is 123 Å². The summed E-state index contributed by atoms with van der Waals surface area (Å²) >= 11 is 3.73. The van der Waals surface area contributed by atoms with Crippen molar-refractivity contribution in [3.8, 4) is 0 Å². The third-order valence-electron chi connectivity index (χ3n) is 3.92. The molecule has 0 saturated carbocycles. The summed E-state index contributed by atoms with van der Waals surface area (Å²) in [7, 11) is -3.12. The van der Waals surface area contributed by atoms with E-state index in [9.17, 15) is 18.0 Å². The molecule has 1 saturated heterocycles. The fraction of sp³-hybridized carbons (Fsp3) is 0.375. The van der Waals surface area contributed by atoms with Gasteiger partial charge in [-0.3, -0.25) is 9.59 Å². The number of benzene rings is 1. The van der Waals surface area contributed by atoms with E-state index >= 15 is 0 Å². The van der Waals surface area contributed by atoms with Gasteiger partial charge in [0.15, 0.2) is 18.5 Å². The van der Waals surface area contributed by atoms with Gasteiger partial charge in [0, 0.05) is 5.69 Å². The molecular weight excluding hydrogens is 440 g/mol. The molecule has 8 nitrogen and oxygen atoms in total. The van der Waals surface area contributed by atoms with Crippen LogP contribution in [0.2, 0.25) is 0 Å². The molecule has 1 aromatic carbocycles. The first kappa shape index (κ1) is 21.1. The highest BCUT2D eigenvalue weighted by Crippen LogP contribution is 2.30. The molecule has 0 aliphatic carbocycles. The van der Waals surface area contributed by atoms with Gasteiger partial charge in [0.2, 0.25) is 11.8 Å². The van der Waals surface area contributed by atoms with Gasteiger partial charge < -0.3 is 10.6 Å². The summed E-state index contributed by atoms with van der Waals surface area (Å²) < 4.78 is 25.0. The lowest BCUT2D eigenvalue weighted by Crippen LogP contribution is -2.42. The molecule has 28 heavy (non-hydrogen) atoms. The maximum Gasteiger partial charge on any atom is 0.237 e. The van der Waals surface area contributed by atoms with Crippen LogP contribution in [-0.4, -0.2) is 59.5 Å². The molecule has 1 fully saturated rings. The van der Waals surface area contributed by atoms with Crippen LogP contribution in [0.4, 0.5) is 5.69 Å². The summed E-state index contributed by atoms with van der Waals surface area (Å²) in [5.41, 5.74) is 5.80. The minimum Gasteiger partial charge on any atom is -0.369 e. The lowest BCUT2D eigenvalue weighted by Gasteiger charge is -2.28. The fourth-order valence-corrected chi connectivity index (χ4v) is 7.08. The Morgan fingerprint density at radius 3 is 2.36 bits per heavy atom. The molecule has 0 spiro atoms. The van der Waals surface area contributed by atoms with Crippen LogP contribution in [0, 0.1) is 0 Å². The van der Waals surface area contributed by atoms with Crippen LogP contribution in [0.5, 0.6) is 0 Å². The maximum atomic E-state index is 12.9. The zero-order chi connectivity index (χ0) is 20.1. The van der Waals surface area contributed by atoms with Gasteiger partial charge in [0.1, 0.15) is 0 Å². The Labute approximate surface area is 175 Å². The van der Waals surface area contributed by atoms with Gasteiger partial charge in [-0.05, 0) is 18.6 Å². The number of aromatic nitrogens is 2. The van der Waals surface area contributed by atoms with E-state index in [1.165, 1.54) is 34.9 Å². The smallest absolute Gasteiger partial charge is 0.237 e. The number of hydrogen-bond donors (Lipinski definition) is 1. The van der Waals surface area contributed by atoms with Gasteiger partial charge in [0.05, 0.1) is 29.1 Å². The average molecular weight is 459 g/mol. The van der Waals surface area contributed by atoms with E-state index in [2.05, 4.69) is 10.2 Å². The Morgan fingerprint density at radius 2 is 1.79 bits per heavy atom. The highest BCUT2D eigenvalue weighted by atomic mass is 32.2.